The molecule has 0 fully saturated rings. The summed E-state index contributed by atoms with van der Waals surface area (Å²) in [5.41, 5.74) is 0.0224. The van der Waals surface area contributed by atoms with Crippen LogP contribution in [0, 0.1) is 10.1 Å². The number of hydrogen-bond acceptors (Lipinski definition) is 12. The van der Waals surface area contributed by atoms with E-state index in [1.807, 2.05) is 0 Å². The minimum atomic E-state index is -0.466. The quantitative estimate of drug-likeness (QED) is 0.0523. The lowest BCUT2D eigenvalue weighted by Gasteiger charge is -2.09. The van der Waals surface area contributed by atoms with Gasteiger partial charge in [-0.2, -0.15) is 0 Å². The van der Waals surface area contributed by atoms with E-state index in [-0.39, 0.29) is 12.3 Å². The summed E-state index contributed by atoms with van der Waals surface area (Å²) in [4.78, 5) is 21.0. The number of nitro groups is 1. The maximum absolute atomic E-state index is 10.8. The second-order valence-corrected chi connectivity index (χ2v) is 7.26. The molecular formula is C25H39NO12. The topological polar surface area (TPSA) is 143 Å². The van der Waals surface area contributed by atoms with Crippen LogP contribution in [-0.4, -0.2) is 117 Å². The molecule has 0 radical (unpaired) electrons. The number of carbonyl (C=O) groups excluding carboxylic acids is 1. The first-order valence-electron chi connectivity index (χ1n) is 12.3. The Morgan fingerprint density at radius 2 is 0.974 bits per heavy atom. The van der Waals surface area contributed by atoms with Crippen LogP contribution in [0.25, 0.3) is 0 Å². The van der Waals surface area contributed by atoms with E-state index >= 15 is 0 Å². The van der Waals surface area contributed by atoms with Crippen molar-refractivity contribution < 1.29 is 52.3 Å². The van der Waals surface area contributed by atoms with Gasteiger partial charge in [-0.3, -0.25) is 10.1 Å². The average Bonchev–Trinajstić information content (AvgIpc) is 2.93. The summed E-state index contributed by atoms with van der Waals surface area (Å²) in [6, 6.07) is 5.89. The van der Waals surface area contributed by atoms with Crippen LogP contribution in [0.15, 0.2) is 36.9 Å². The molecule has 13 nitrogen and oxygen atoms in total. The van der Waals surface area contributed by atoms with E-state index in [0.717, 1.165) is 6.08 Å². The van der Waals surface area contributed by atoms with Crippen molar-refractivity contribution in [2.24, 2.45) is 0 Å². The fraction of sp³-hybridized carbons (Fsp3) is 0.640. The van der Waals surface area contributed by atoms with Crippen LogP contribution in [0.3, 0.4) is 0 Å². The van der Waals surface area contributed by atoms with Crippen LogP contribution in [0.2, 0.25) is 0 Å². The molecule has 0 aliphatic heterocycles. The number of hydrogen-bond donors (Lipinski definition) is 0. The molecule has 0 heterocycles. The number of benzene rings is 1. The summed E-state index contributed by atoms with van der Waals surface area (Å²) in [5, 5.41) is 10.6. The van der Waals surface area contributed by atoms with Crippen molar-refractivity contribution in [2.45, 2.75) is 0 Å². The molecule has 0 saturated heterocycles. The zero-order valence-electron chi connectivity index (χ0n) is 21.8. The number of rotatable bonds is 27. The third kappa shape index (κ3) is 20.4. The number of carbonyl (C=O) groups is 1. The van der Waals surface area contributed by atoms with Crippen molar-refractivity contribution in [3.05, 3.63) is 47.0 Å². The molecule has 0 bridgehead atoms. The Morgan fingerprint density at radius 3 is 1.32 bits per heavy atom. The van der Waals surface area contributed by atoms with Gasteiger partial charge in [0.1, 0.15) is 19.0 Å². The minimum absolute atomic E-state index is 0.0224. The molecule has 0 amide bonds. The predicted octanol–water partition coefficient (Wildman–Crippen LogP) is 1.82. The molecule has 1 rings (SSSR count). The highest BCUT2D eigenvalue weighted by molar-refractivity contribution is 5.81. The molecule has 1 aromatic rings. The number of nitro benzene ring substituents is 1. The van der Waals surface area contributed by atoms with Crippen LogP contribution in [0.5, 0.6) is 5.75 Å². The molecule has 216 valence electrons. The smallest absolute Gasteiger partial charge is 0.330 e. The van der Waals surface area contributed by atoms with Crippen molar-refractivity contribution in [2.75, 3.05) is 106 Å². The summed E-state index contributed by atoms with van der Waals surface area (Å²) in [5.74, 6) is 0.0860. The zero-order chi connectivity index (χ0) is 27.5. The van der Waals surface area contributed by atoms with Crippen LogP contribution in [0.4, 0.5) is 5.69 Å². The molecular weight excluding hydrogens is 506 g/mol. The molecule has 0 aliphatic rings. The van der Waals surface area contributed by atoms with E-state index < -0.39 is 10.9 Å². The molecule has 0 saturated carbocycles. The predicted molar refractivity (Wildman–Crippen MR) is 135 cm³/mol. The van der Waals surface area contributed by atoms with Crippen molar-refractivity contribution >= 4 is 11.7 Å². The second kappa shape index (κ2) is 24.7. The fourth-order valence-electron chi connectivity index (χ4n) is 2.56. The Bertz CT molecular complexity index is 732. The molecule has 13 heteroatoms. The first-order valence-corrected chi connectivity index (χ1v) is 12.3. The highest BCUT2D eigenvalue weighted by Crippen LogP contribution is 2.17. The van der Waals surface area contributed by atoms with Crippen LogP contribution in [-0.2, 0) is 42.7 Å². The van der Waals surface area contributed by atoms with Crippen molar-refractivity contribution in [3.63, 3.8) is 0 Å². The Balaban J connectivity index is 1.70. The Labute approximate surface area is 223 Å². The molecule has 0 spiro atoms. The summed E-state index contributed by atoms with van der Waals surface area (Å²) in [6.45, 7) is 9.97. The maximum Gasteiger partial charge on any atom is 0.330 e. The number of ether oxygens (including phenoxy) is 9. The van der Waals surface area contributed by atoms with E-state index in [1.54, 1.807) is 12.1 Å². The molecule has 0 aromatic heterocycles. The monoisotopic (exact) mass is 545 g/mol. The van der Waals surface area contributed by atoms with Gasteiger partial charge in [0.05, 0.1) is 97.4 Å². The summed E-state index contributed by atoms with van der Waals surface area (Å²) in [6.07, 6.45) is 1.11. The van der Waals surface area contributed by atoms with E-state index in [4.69, 9.17) is 42.6 Å². The normalized spacial score (nSPS) is 10.8. The van der Waals surface area contributed by atoms with Gasteiger partial charge in [0.2, 0.25) is 0 Å². The Kier molecular flexibility index (Phi) is 21.7. The van der Waals surface area contributed by atoms with Gasteiger partial charge in [0.15, 0.2) is 0 Å². The summed E-state index contributed by atoms with van der Waals surface area (Å²) in [7, 11) is 0. The van der Waals surface area contributed by atoms with E-state index in [1.165, 1.54) is 12.1 Å². The molecule has 0 unspecified atom stereocenters. The highest BCUT2D eigenvalue weighted by atomic mass is 16.6. The number of esters is 1. The lowest BCUT2D eigenvalue weighted by molar-refractivity contribution is -0.384. The molecule has 0 atom stereocenters. The lowest BCUT2D eigenvalue weighted by Crippen LogP contribution is -2.15. The van der Waals surface area contributed by atoms with Crippen molar-refractivity contribution in [3.8, 4) is 5.75 Å². The maximum atomic E-state index is 10.8. The van der Waals surface area contributed by atoms with Crippen LogP contribution in [0.1, 0.15) is 0 Å². The standard InChI is InChI=1S/C25H39NO12/c1-2-25(27)38-22-20-36-18-16-34-14-12-32-10-8-30-7-9-31-11-13-33-15-17-35-19-21-37-24-5-3-23(4-6-24)26(28)29/h2-6H,1,7-22H2. The van der Waals surface area contributed by atoms with Crippen LogP contribution >= 0.6 is 0 Å². The van der Waals surface area contributed by atoms with E-state index in [9.17, 15) is 14.9 Å². The number of non-ortho nitro benzene ring substituents is 1. The van der Waals surface area contributed by atoms with Crippen molar-refractivity contribution in [1.82, 2.24) is 0 Å². The zero-order valence-corrected chi connectivity index (χ0v) is 21.8. The fourth-order valence-corrected chi connectivity index (χ4v) is 2.56. The van der Waals surface area contributed by atoms with Gasteiger partial charge in [0, 0.05) is 18.2 Å². The Morgan fingerprint density at radius 1 is 0.632 bits per heavy atom. The number of nitrogens with zero attached hydrogens (tertiary/aromatic N) is 1. The lowest BCUT2D eigenvalue weighted by atomic mass is 10.3. The first kappa shape index (κ1) is 33.4. The van der Waals surface area contributed by atoms with E-state index in [0.29, 0.717) is 105 Å². The van der Waals surface area contributed by atoms with Crippen molar-refractivity contribution in [1.29, 1.82) is 0 Å². The van der Waals surface area contributed by atoms with Gasteiger partial charge in [-0.25, -0.2) is 4.79 Å². The summed E-state index contributed by atoms with van der Waals surface area (Å²) < 4.78 is 47.9. The molecule has 38 heavy (non-hydrogen) atoms. The SMILES string of the molecule is C=CC(=O)OCCOCCOCCOCCOCCOCCOCCOCCOc1ccc([N+](=O)[O-])cc1. The molecule has 1 aromatic carbocycles. The minimum Gasteiger partial charge on any atom is -0.491 e. The van der Waals surface area contributed by atoms with Gasteiger partial charge in [-0.05, 0) is 12.1 Å². The average molecular weight is 546 g/mol. The van der Waals surface area contributed by atoms with E-state index in [2.05, 4.69) is 6.58 Å². The molecule has 0 aliphatic carbocycles. The van der Waals surface area contributed by atoms with Gasteiger partial charge < -0.3 is 42.6 Å². The van der Waals surface area contributed by atoms with Gasteiger partial charge in [-0.15, -0.1) is 0 Å². The Hall–Kier alpha value is -2.65. The van der Waals surface area contributed by atoms with Gasteiger partial charge in [-0.1, -0.05) is 6.58 Å². The largest absolute Gasteiger partial charge is 0.491 e. The third-order valence-corrected chi connectivity index (χ3v) is 4.41. The second-order valence-electron chi connectivity index (χ2n) is 7.26. The third-order valence-electron chi connectivity index (χ3n) is 4.41. The van der Waals surface area contributed by atoms with Gasteiger partial charge >= 0.3 is 5.97 Å². The first-order chi connectivity index (χ1) is 18.6. The summed E-state index contributed by atoms with van der Waals surface area (Å²) >= 11 is 0. The van der Waals surface area contributed by atoms with Gasteiger partial charge in [0.25, 0.3) is 5.69 Å². The highest BCUT2D eigenvalue weighted by Gasteiger charge is 2.04. The van der Waals surface area contributed by atoms with Crippen LogP contribution < -0.4 is 4.74 Å². The molecule has 0 N–H and O–H groups in total.